The molecule has 2 rings (SSSR count). The van der Waals surface area contributed by atoms with Crippen molar-refractivity contribution in [1.82, 2.24) is 10.6 Å². The molecule has 17 heavy (non-hydrogen) atoms. The van der Waals surface area contributed by atoms with Crippen molar-refractivity contribution in [3.8, 4) is 0 Å². The highest BCUT2D eigenvalue weighted by Gasteiger charge is 2.45. The fourth-order valence-electron chi connectivity index (χ4n) is 1.91. The van der Waals surface area contributed by atoms with Crippen LogP contribution >= 0.6 is 0 Å². The van der Waals surface area contributed by atoms with E-state index >= 15 is 0 Å². The fourth-order valence-corrected chi connectivity index (χ4v) is 1.91. The third-order valence-corrected chi connectivity index (χ3v) is 3.11. The van der Waals surface area contributed by atoms with Crippen LogP contribution in [0.15, 0.2) is 36.9 Å². The Bertz CT molecular complexity index is 418. The summed E-state index contributed by atoms with van der Waals surface area (Å²) in [6, 6.07) is 8.23. The number of amides is 2. The van der Waals surface area contributed by atoms with Crippen molar-refractivity contribution < 1.29 is 4.79 Å². The molecule has 0 heterocycles. The first kappa shape index (κ1) is 11.7. The van der Waals surface area contributed by atoms with Crippen LogP contribution in [0.1, 0.15) is 24.0 Å². The van der Waals surface area contributed by atoms with Gasteiger partial charge >= 0.3 is 6.03 Å². The van der Waals surface area contributed by atoms with Gasteiger partial charge in [-0.3, -0.25) is 0 Å². The zero-order chi connectivity index (χ0) is 12.3. The van der Waals surface area contributed by atoms with Gasteiger partial charge in [-0.25, -0.2) is 4.79 Å². The number of rotatable bonds is 4. The normalized spacial score (nSPS) is 16.1. The average Bonchev–Trinajstić information content (AvgIpc) is 3.08. The van der Waals surface area contributed by atoms with E-state index in [-0.39, 0.29) is 11.6 Å². The standard InChI is InChI=1S/C14H18N2O/c1-3-10-15-13(17)16-14(8-9-14)12-6-4-11(2)5-7-12/h3-7H,1,8-10H2,2H3,(H2,15,16,17). The molecule has 0 saturated heterocycles. The minimum Gasteiger partial charge on any atom is -0.335 e. The first-order chi connectivity index (χ1) is 8.16. The fraction of sp³-hybridized carbons (Fsp3) is 0.357. The molecule has 1 aromatic carbocycles. The molecule has 0 unspecified atom stereocenters. The number of aryl methyl sites for hydroxylation is 1. The quantitative estimate of drug-likeness (QED) is 0.766. The van der Waals surface area contributed by atoms with Gasteiger partial charge < -0.3 is 10.6 Å². The van der Waals surface area contributed by atoms with Gasteiger partial charge in [-0.05, 0) is 25.3 Å². The lowest BCUT2D eigenvalue weighted by atomic mass is 10.0. The minimum absolute atomic E-state index is 0.122. The van der Waals surface area contributed by atoms with E-state index in [9.17, 15) is 4.79 Å². The lowest BCUT2D eigenvalue weighted by molar-refractivity contribution is 0.237. The van der Waals surface area contributed by atoms with Gasteiger partial charge in [0.25, 0.3) is 0 Å². The number of hydrogen-bond acceptors (Lipinski definition) is 1. The maximum absolute atomic E-state index is 11.6. The molecule has 1 aliphatic rings. The van der Waals surface area contributed by atoms with Crippen LogP contribution in [0.4, 0.5) is 4.79 Å². The second kappa shape index (κ2) is 4.62. The third-order valence-electron chi connectivity index (χ3n) is 3.11. The van der Waals surface area contributed by atoms with E-state index in [4.69, 9.17) is 0 Å². The number of nitrogens with one attached hydrogen (secondary N) is 2. The van der Waals surface area contributed by atoms with Crippen molar-refractivity contribution in [3.63, 3.8) is 0 Å². The smallest absolute Gasteiger partial charge is 0.315 e. The van der Waals surface area contributed by atoms with Gasteiger partial charge in [0.2, 0.25) is 0 Å². The van der Waals surface area contributed by atoms with Crippen LogP contribution in [0.25, 0.3) is 0 Å². The van der Waals surface area contributed by atoms with Crippen LogP contribution in [0.3, 0.4) is 0 Å². The van der Waals surface area contributed by atoms with Gasteiger partial charge in [0.1, 0.15) is 0 Å². The number of benzene rings is 1. The zero-order valence-corrected chi connectivity index (χ0v) is 10.1. The second-order valence-corrected chi connectivity index (χ2v) is 4.57. The Balaban J connectivity index is 2.02. The molecule has 1 aliphatic carbocycles. The van der Waals surface area contributed by atoms with Crippen molar-refractivity contribution in [1.29, 1.82) is 0 Å². The Hall–Kier alpha value is -1.77. The van der Waals surface area contributed by atoms with Gasteiger partial charge in [-0.2, -0.15) is 0 Å². The maximum atomic E-state index is 11.6. The predicted octanol–water partition coefficient (Wildman–Crippen LogP) is 2.47. The second-order valence-electron chi connectivity index (χ2n) is 4.57. The number of hydrogen-bond donors (Lipinski definition) is 2. The molecule has 3 heteroatoms. The van der Waals surface area contributed by atoms with Gasteiger partial charge in [-0.1, -0.05) is 35.9 Å². The van der Waals surface area contributed by atoms with Crippen LogP contribution in [-0.4, -0.2) is 12.6 Å². The SMILES string of the molecule is C=CCNC(=O)NC1(c2ccc(C)cc2)CC1. The topological polar surface area (TPSA) is 41.1 Å². The Morgan fingerprint density at radius 2 is 2.06 bits per heavy atom. The molecule has 0 aliphatic heterocycles. The number of urea groups is 1. The third kappa shape index (κ3) is 2.67. The Labute approximate surface area is 102 Å². The highest BCUT2D eigenvalue weighted by molar-refractivity contribution is 5.75. The summed E-state index contributed by atoms with van der Waals surface area (Å²) in [4.78, 5) is 11.6. The molecule has 0 radical (unpaired) electrons. The van der Waals surface area contributed by atoms with Gasteiger partial charge in [-0.15, -0.1) is 6.58 Å². The molecule has 0 aromatic heterocycles. The van der Waals surface area contributed by atoms with Gasteiger partial charge in [0.15, 0.2) is 0 Å². The summed E-state index contributed by atoms with van der Waals surface area (Å²) < 4.78 is 0. The van der Waals surface area contributed by atoms with Crippen molar-refractivity contribution in [2.75, 3.05) is 6.54 Å². The molecule has 0 bridgehead atoms. The zero-order valence-electron chi connectivity index (χ0n) is 10.1. The summed E-state index contributed by atoms with van der Waals surface area (Å²) in [7, 11) is 0. The van der Waals surface area contributed by atoms with Crippen molar-refractivity contribution in [2.45, 2.75) is 25.3 Å². The van der Waals surface area contributed by atoms with E-state index in [1.807, 2.05) is 0 Å². The van der Waals surface area contributed by atoms with E-state index in [2.05, 4.69) is 48.4 Å². The summed E-state index contributed by atoms with van der Waals surface area (Å²) in [5.74, 6) is 0. The lowest BCUT2D eigenvalue weighted by Crippen LogP contribution is -2.42. The molecule has 2 N–H and O–H groups in total. The molecular weight excluding hydrogens is 212 g/mol. The molecule has 0 spiro atoms. The van der Waals surface area contributed by atoms with E-state index in [0.717, 1.165) is 12.8 Å². The van der Waals surface area contributed by atoms with Gasteiger partial charge in [0, 0.05) is 6.54 Å². The van der Waals surface area contributed by atoms with Gasteiger partial charge in [0.05, 0.1) is 5.54 Å². The summed E-state index contributed by atoms with van der Waals surface area (Å²) in [6.07, 6.45) is 3.69. The first-order valence-electron chi connectivity index (χ1n) is 5.90. The molecule has 3 nitrogen and oxygen atoms in total. The van der Waals surface area contributed by atoms with Crippen LogP contribution < -0.4 is 10.6 Å². The highest BCUT2D eigenvalue weighted by atomic mass is 16.2. The summed E-state index contributed by atoms with van der Waals surface area (Å²) in [5, 5.41) is 5.78. The Morgan fingerprint density at radius 1 is 1.41 bits per heavy atom. The molecule has 90 valence electrons. The molecule has 2 amide bonds. The van der Waals surface area contributed by atoms with Crippen LogP contribution in [-0.2, 0) is 5.54 Å². The maximum Gasteiger partial charge on any atom is 0.315 e. The highest BCUT2D eigenvalue weighted by Crippen LogP contribution is 2.45. The van der Waals surface area contributed by atoms with E-state index in [1.54, 1.807) is 6.08 Å². The van der Waals surface area contributed by atoms with Crippen molar-refractivity contribution in [3.05, 3.63) is 48.0 Å². The van der Waals surface area contributed by atoms with E-state index < -0.39 is 0 Å². The van der Waals surface area contributed by atoms with Crippen LogP contribution in [0, 0.1) is 6.92 Å². The van der Waals surface area contributed by atoms with Crippen LogP contribution in [0.2, 0.25) is 0 Å². The largest absolute Gasteiger partial charge is 0.335 e. The number of carbonyl (C=O) groups excluding carboxylic acids is 1. The van der Waals surface area contributed by atoms with Crippen molar-refractivity contribution in [2.24, 2.45) is 0 Å². The summed E-state index contributed by atoms with van der Waals surface area (Å²) in [5.41, 5.74) is 2.29. The molecule has 0 atom stereocenters. The molecule has 1 fully saturated rings. The molecule has 1 saturated carbocycles. The van der Waals surface area contributed by atoms with Crippen LogP contribution in [0.5, 0.6) is 0 Å². The first-order valence-corrected chi connectivity index (χ1v) is 5.90. The lowest BCUT2D eigenvalue weighted by Gasteiger charge is -2.18. The Kier molecular flexibility index (Phi) is 3.18. The Morgan fingerprint density at radius 3 is 2.59 bits per heavy atom. The number of carbonyl (C=O) groups is 1. The summed E-state index contributed by atoms with van der Waals surface area (Å²) in [6.45, 7) is 6.13. The average molecular weight is 230 g/mol. The monoisotopic (exact) mass is 230 g/mol. The molecule has 1 aromatic rings. The predicted molar refractivity (Wildman–Crippen MR) is 68.8 cm³/mol. The summed E-state index contributed by atoms with van der Waals surface area (Å²) >= 11 is 0. The molecular formula is C14H18N2O. The van der Waals surface area contributed by atoms with Crippen molar-refractivity contribution >= 4 is 6.03 Å². The minimum atomic E-state index is -0.140. The van der Waals surface area contributed by atoms with E-state index in [0.29, 0.717) is 6.54 Å². The van der Waals surface area contributed by atoms with E-state index in [1.165, 1.54) is 11.1 Å².